The van der Waals surface area contributed by atoms with E-state index in [-0.39, 0.29) is 0 Å². The van der Waals surface area contributed by atoms with Crippen LogP contribution in [0.15, 0.2) is 0 Å². The fourth-order valence-corrected chi connectivity index (χ4v) is 2.99. The quantitative estimate of drug-likeness (QED) is 0.705. The van der Waals surface area contributed by atoms with E-state index in [9.17, 15) is 0 Å². The number of hydrogen-bond acceptors (Lipinski definition) is 2. The molecule has 0 aromatic rings. The fraction of sp³-hybridized carbons (Fsp3) is 1.00. The maximum atomic E-state index is 5.72. The van der Waals surface area contributed by atoms with Gasteiger partial charge in [0.1, 0.15) is 0 Å². The van der Waals surface area contributed by atoms with Crippen LogP contribution in [0.1, 0.15) is 32.6 Å². The summed E-state index contributed by atoms with van der Waals surface area (Å²) in [5.41, 5.74) is 5.72. The highest BCUT2D eigenvalue weighted by atomic mass is 32.2. The van der Waals surface area contributed by atoms with Crippen molar-refractivity contribution >= 4 is 11.8 Å². The predicted molar refractivity (Wildman–Crippen MR) is 52.9 cm³/mol. The molecule has 1 aliphatic rings. The highest BCUT2D eigenvalue weighted by Crippen LogP contribution is 2.47. The van der Waals surface area contributed by atoms with Gasteiger partial charge in [-0.1, -0.05) is 19.8 Å². The largest absolute Gasteiger partial charge is 0.329 e. The second kappa shape index (κ2) is 3.81. The molecule has 11 heavy (non-hydrogen) atoms. The van der Waals surface area contributed by atoms with Crippen molar-refractivity contribution < 1.29 is 0 Å². The molecule has 2 heteroatoms. The Bertz CT molecular complexity index is 113. The summed E-state index contributed by atoms with van der Waals surface area (Å²) in [5.74, 6) is 0.982. The maximum absolute atomic E-state index is 5.72. The van der Waals surface area contributed by atoms with E-state index in [4.69, 9.17) is 5.73 Å². The minimum Gasteiger partial charge on any atom is -0.329 e. The molecule has 1 rings (SSSR count). The summed E-state index contributed by atoms with van der Waals surface area (Å²) in [5, 5.41) is 0. The highest BCUT2D eigenvalue weighted by Gasteiger charge is 2.41. The Labute approximate surface area is 74.1 Å². The Balaban J connectivity index is 2.24. The van der Waals surface area contributed by atoms with Crippen LogP contribution in [-0.2, 0) is 0 Å². The summed E-state index contributed by atoms with van der Waals surface area (Å²) >= 11 is 1.96. The molecule has 0 aromatic carbocycles. The minimum atomic E-state index is 0.472. The third-order valence-electron chi connectivity index (χ3n) is 2.82. The molecule has 0 heterocycles. The lowest BCUT2D eigenvalue weighted by Gasteiger charge is -2.46. The molecule has 0 aromatic heterocycles. The monoisotopic (exact) mass is 173 g/mol. The second-order valence-electron chi connectivity index (χ2n) is 3.65. The van der Waals surface area contributed by atoms with Crippen molar-refractivity contribution in [2.45, 2.75) is 37.4 Å². The molecular formula is C9H19NS. The number of thioether (sulfide) groups is 1. The Morgan fingerprint density at radius 3 is 2.55 bits per heavy atom. The lowest BCUT2D eigenvalue weighted by Crippen LogP contribution is -2.46. The molecule has 1 nitrogen and oxygen atoms in total. The van der Waals surface area contributed by atoms with E-state index in [2.05, 4.69) is 13.2 Å². The van der Waals surface area contributed by atoms with Gasteiger partial charge in [-0.25, -0.2) is 0 Å². The van der Waals surface area contributed by atoms with Gasteiger partial charge in [-0.05, 0) is 25.0 Å². The molecule has 0 unspecified atom stereocenters. The lowest BCUT2D eigenvalue weighted by atomic mass is 9.72. The van der Waals surface area contributed by atoms with E-state index in [1.807, 2.05) is 11.8 Å². The molecular weight excluding hydrogens is 154 g/mol. The van der Waals surface area contributed by atoms with Crippen LogP contribution < -0.4 is 5.73 Å². The summed E-state index contributed by atoms with van der Waals surface area (Å²) in [6, 6.07) is 0. The molecule has 0 radical (unpaired) electrons. The van der Waals surface area contributed by atoms with Crippen LogP contribution in [0.25, 0.3) is 0 Å². The zero-order chi connectivity index (χ0) is 8.32. The van der Waals surface area contributed by atoms with Gasteiger partial charge < -0.3 is 5.73 Å². The van der Waals surface area contributed by atoms with Crippen molar-refractivity contribution in [1.29, 1.82) is 0 Å². The Morgan fingerprint density at radius 2 is 2.18 bits per heavy atom. The van der Waals surface area contributed by atoms with Crippen molar-refractivity contribution in [1.82, 2.24) is 0 Å². The topological polar surface area (TPSA) is 26.0 Å². The Kier molecular flexibility index (Phi) is 3.26. The molecule has 0 amide bonds. The predicted octanol–water partition coefficient (Wildman–Crippen LogP) is 2.26. The van der Waals surface area contributed by atoms with E-state index in [1.165, 1.54) is 25.7 Å². The zero-order valence-electron chi connectivity index (χ0n) is 7.60. The van der Waals surface area contributed by atoms with E-state index in [1.54, 1.807) is 0 Å². The molecule has 66 valence electrons. The number of hydrogen-bond donors (Lipinski definition) is 1. The smallest absolute Gasteiger partial charge is 0.0284 e. The number of rotatable bonds is 4. The summed E-state index contributed by atoms with van der Waals surface area (Å²) in [6.45, 7) is 3.13. The van der Waals surface area contributed by atoms with Gasteiger partial charge in [0.2, 0.25) is 0 Å². The average Bonchev–Trinajstić information content (AvgIpc) is 1.96. The van der Waals surface area contributed by atoms with Crippen LogP contribution in [0.3, 0.4) is 0 Å². The molecule has 0 spiro atoms. The zero-order valence-corrected chi connectivity index (χ0v) is 8.41. The molecule has 1 aliphatic carbocycles. The first kappa shape index (κ1) is 9.40. The van der Waals surface area contributed by atoms with E-state index < -0.39 is 0 Å². The third kappa shape index (κ3) is 1.91. The average molecular weight is 173 g/mol. The van der Waals surface area contributed by atoms with E-state index >= 15 is 0 Å². The van der Waals surface area contributed by atoms with Gasteiger partial charge in [-0.15, -0.1) is 0 Å². The SMILES string of the molecule is CCCC1CC(CN)(SC)C1. The summed E-state index contributed by atoms with van der Waals surface area (Å²) < 4.78 is 0.472. The van der Waals surface area contributed by atoms with E-state index in [0.717, 1.165) is 12.5 Å². The van der Waals surface area contributed by atoms with Crippen molar-refractivity contribution in [3.8, 4) is 0 Å². The van der Waals surface area contributed by atoms with Crippen LogP contribution in [0.2, 0.25) is 0 Å². The van der Waals surface area contributed by atoms with Gasteiger partial charge in [-0.3, -0.25) is 0 Å². The van der Waals surface area contributed by atoms with Crippen molar-refractivity contribution in [2.24, 2.45) is 11.7 Å². The second-order valence-corrected chi connectivity index (χ2v) is 4.93. The molecule has 0 aliphatic heterocycles. The molecule has 0 bridgehead atoms. The Morgan fingerprint density at radius 1 is 1.55 bits per heavy atom. The van der Waals surface area contributed by atoms with Gasteiger partial charge in [0.05, 0.1) is 0 Å². The summed E-state index contributed by atoms with van der Waals surface area (Å²) in [6.07, 6.45) is 7.65. The molecule has 0 atom stereocenters. The maximum Gasteiger partial charge on any atom is 0.0284 e. The van der Waals surface area contributed by atoms with Gasteiger partial charge in [0.15, 0.2) is 0 Å². The van der Waals surface area contributed by atoms with Gasteiger partial charge in [-0.2, -0.15) is 11.8 Å². The molecule has 0 saturated heterocycles. The third-order valence-corrected chi connectivity index (χ3v) is 4.19. The fourth-order valence-electron chi connectivity index (χ4n) is 2.02. The highest BCUT2D eigenvalue weighted by molar-refractivity contribution is 8.00. The minimum absolute atomic E-state index is 0.472. The van der Waals surface area contributed by atoms with Crippen molar-refractivity contribution in [3.63, 3.8) is 0 Å². The molecule has 1 saturated carbocycles. The van der Waals surface area contributed by atoms with Gasteiger partial charge in [0, 0.05) is 11.3 Å². The van der Waals surface area contributed by atoms with Crippen molar-refractivity contribution in [3.05, 3.63) is 0 Å². The van der Waals surface area contributed by atoms with Crippen molar-refractivity contribution in [2.75, 3.05) is 12.8 Å². The van der Waals surface area contributed by atoms with Gasteiger partial charge in [0.25, 0.3) is 0 Å². The van der Waals surface area contributed by atoms with Crippen LogP contribution in [-0.4, -0.2) is 17.5 Å². The van der Waals surface area contributed by atoms with Crippen LogP contribution >= 0.6 is 11.8 Å². The summed E-state index contributed by atoms with van der Waals surface area (Å²) in [4.78, 5) is 0. The standard InChI is InChI=1S/C9H19NS/c1-3-4-8-5-9(6-8,7-10)11-2/h8H,3-7,10H2,1-2H3. The first-order chi connectivity index (χ1) is 5.26. The van der Waals surface area contributed by atoms with Crippen LogP contribution in [0.5, 0.6) is 0 Å². The molecule has 2 N–H and O–H groups in total. The van der Waals surface area contributed by atoms with E-state index in [0.29, 0.717) is 4.75 Å². The van der Waals surface area contributed by atoms with Crippen LogP contribution in [0, 0.1) is 5.92 Å². The lowest BCUT2D eigenvalue weighted by molar-refractivity contribution is 0.221. The normalized spacial score (nSPS) is 36.8. The van der Waals surface area contributed by atoms with Crippen LogP contribution in [0.4, 0.5) is 0 Å². The summed E-state index contributed by atoms with van der Waals surface area (Å²) in [7, 11) is 0. The first-order valence-electron chi connectivity index (χ1n) is 4.51. The van der Waals surface area contributed by atoms with Gasteiger partial charge >= 0.3 is 0 Å². The Hall–Kier alpha value is 0.310. The number of nitrogens with two attached hydrogens (primary N) is 1. The molecule has 1 fully saturated rings. The first-order valence-corrected chi connectivity index (χ1v) is 5.74.